The summed E-state index contributed by atoms with van der Waals surface area (Å²) in [6, 6.07) is 5.67. The van der Waals surface area contributed by atoms with Crippen molar-refractivity contribution in [3.05, 3.63) is 24.3 Å². The van der Waals surface area contributed by atoms with Crippen LogP contribution in [0.15, 0.2) is 29.2 Å². The maximum absolute atomic E-state index is 12.9. The van der Waals surface area contributed by atoms with Gasteiger partial charge in [-0.3, -0.25) is 9.69 Å². The van der Waals surface area contributed by atoms with Crippen LogP contribution in [0.25, 0.3) is 0 Å². The molecule has 0 radical (unpaired) electrons. The topological polar surface area (TPSA) is 83.9 Å². The van der Waals surface area contributed by atoms with E-state index in [1.807, 2.05) is 0 Å². The molecule has 0 aromatic heterocycles. The van der Waals surface area contributed by atoms with Gasteiger partial charge in [-0.25, -0.2) is 8.42 Å². The molecule has 6 nitrogen and oxygen atoms in total. The number of nitrogens with zero attached hydrogens (tertiary/aromatic N) is 1. The molecule has 2 rings (SSSR count). The lowest BCUT2D eigenvalue weighted by Crippen LogP contribution is -2.33. The summed E-state index contributed by atoms with van der Waals surface area (Å²) in [7, 11) is -3.31. The van der Waals surface area contributed by atoms with Gasteiger partial charge >= 0.3 is 12.1 Å². The fourth-order valence-electron chi connectivity index (χ4n) is 2.73. The number of carboxylic acids is 1. The van der Waals surface area contributed by atoms with E-state index in [4.69, 9.17) is 9.84 Å². The predicted molar refractivity (Wildman–Crippen MR) is 89.4 cm³/mol. The highest BCUT2D eigenvalue weighted by Crippen LogP contribution is 2.37. The van der Waals surface area contributed by atoms with Crippen LogP contribution in [0.2, 0.25) is 0 Å². The van der Waals surface area contributed by atoms with Gasteiger partial charge in [0, 0.05) is 25.9 Å². The van der Waals surface area contributed by atoms with Crippen LogP contribution in [-0.4, -0.2) is 63.1 Å². The molecule has 2 atom stereocenters. The number of benzene rings is 1. The van der Waals surface area contributed by atoms with Crippen molar-refractivity contribution >= 4 is 28.2 Å². The van der Waals surface area contributed by atoms with Crippen molar-refractivity contribution in [2.24, 2.45) is 11.8 Å². The summed E-state index contributed by atoms with van der Waals surface area (Å²) >= 11 is 0. The Kier molecular flexibility index (Phi) is 7.32. The van der Waals surface area contributed by atoms with Gasteiger partial charge in [0.15, 0.2) is 9.84 Å². The molecule has 1 aliphatic heterocycles. The summed E-state index contributed by atoms with van der Waals surface area (Å²) in [6.45, 7) is -0.355. The summed E-state index contributed by atoms with van der Waals surface area (Å²) in [5.74, 6) is -4.44. The largest absolute Gasteiger partial charge is 0.492 e. The van der Waals surface area contributed by atoms with Gasteiger partial charge in [0.2, 0.25) is 0 Å². The highest BCUT2D eigenvalue weighted by atomic mass is 35.5. The molecule has 1 N–H and O–H groups in total. The number of ether oxygens (including phenoxy) is 1. The zero-order valence-electron chi connectivity index (χ0n) is 13.8. The van der Waals surface area contributed by atoms with Crippen LogP contribution in [0, 0.1) is 11.8 Å². The average Bonchev–Trinajstić information content (AvgIpc) is 2.91. The van der Waals surface area contributed by atoms with Crippen molar-refractivity contribution in [3.8, 4) is 5.75 Å². The molecule has 1 aliphatic rings. The van der Waals surface area contributed by atoms with Gasteiger partial charge in [0.25, 0.3) is 0 Å². The number of alkyl halides is 3. The summed E-state index contributed by atoms with van der Waals surface area (Å²) in [4.78, 5) is 12.5. The molecule has 1 saturated heterocycles. The Bertz CT molecular complexity index is 724. The maximum Gasteiger partial charge on any atom is 0.393 e. The van der Waals surface area contributed by atoms with E-state index in [1.54, 1.807) is 0 Å². The average molecular weight is 418 g/mol. The second-order valence-corrected chi connectivity index (χ2v) is 7.96. The van der Waals surface area contributed by atoms with Crippen LogP contribution in [-0.2, 0) is 14.6 Å². The summed E-state index contributed by atoms with van der Waals surface area (Å²) in [6.07, 6.45) is -3.48. The molecule has 1 heterocycles. The number of sulfone groups is 1. The van der Waals surface area contributed by atoms with Gasteiger partial charge in [0.1, 0.15) is 12.4 Å². The van der Waals surface area contributed by atoms with Crippen LogP contribution in [0.5, 0.6) is 5.75 Å². The SMILES string of the molecule is CS(=O)(=O)c1ccc(OCCN2C[C@@H](C(F)(F)F)[C@H](C(=O)O)C2)cc1.Cl. The smallest absolute Gasteiger partial charge is 0.393 e. The monoisotopic (exact) mass is 417 g/mol. The third kappa shape index (κ3) is 5.75. The van der Waals surface area contributed by atoms with E-state index in [2.05, 4.69) is 0 Å². The van der Waals surface area contributed by atoms with E-state index in [0.717, 1.165) is 6.26 Å². The molecule has 1 fully saturated rings. The van der Waals surface area contributed by atoms with E-state index in [1.165, 1.54) is 29.2 Å². The summed E-state index contributed by atoms with van der Waals surface area (Å²) < 4.78 is 66.8. The number of carboxylic acid groups (broad SMARTS) is 1. The van der Waals surface area contributed by atoms with Gasteiger partial charge in [0.05, 0.1) is 16.7 Å². The Balaban J connectivity index is 0.00000338. The van der Waals surface area contributed by atoms with Crippen molar-refractivity contribution < 1.29 is 36.2 Å². The van der Waals surface area contributed by atoms with Gasteiger partial charge in [-0.1, -0.05) is 0 Å². The van der Waals surface area contributed by atoms with Crippen molar-refractivity contribution in [1.82, 2.24) is 4.90 Å². The molecule has 0 aliphatic carbocycles. The Morgan fingerprint density at radius 2 is 1.85 bits per heavy atom. The quantitative estimate of drug-likeness (QED) is 0.763. The number of likely N-dealkylation sites (tertiary alicyclic amines) is 1. The number of hydrogen-bond acceptors (Lipinski definition) is 5. The van der Waals surface area contributed by atoms with Gasteiger partial charge in [-0.15, -0.1) is 12.4 Å². The molecular weight excluding hydrogens is 399 g/mol. The number of hydrogen-bond donors (Lipinski definition) is 1. The predicted octanol–water partition coefficient (Wildman–Crippen LogP) is 2.09. The minimum absolute atomic E-state index is 0. The molecule has 0 spiro atoms. The molecule has 0 saturated carbocycles. The zero-order chi connectivity index (χ0) is 18.8. The normalized spacial score (nSPS) is 21.2. The van der Waals surface area contributed by atoms with E-state index in [9.17, 15) is 26.4 Å². The fourth-order valence-corrected chi connectivity index (χ4v) is 3.36. The third-order valence-electron chi connectivity index (χ3n) is 4.06. The maximum atomic E-state index is 12.9. The lowest BCUT2D eigenvalue weighted by molar-refractivity contribution is -0.188. The summed E-state index contributed by atoms with van der Waals surface area (Å²) in [5.41, 5.74) is 0. The number of rotatable bonds is 6. The Labute approximate surface area is 155 Å². The first-order valence-corrected chi connectivity index (χ1v) is 9.32. The first-order chi connectivity index (χ1) is 11.5. The van der Waals surface area contributed by atoms with E-state index in [-0.39, 0.29) is 43.5 Å². The fraction of sp³-hybridized carbons (Fsp3) is 0.533. The Morgan fingerprint density at radius 1 is 1.27 bits per heavy atom. The van der Waals surface area contributed by atoms with E-state index < -0.39 is 33.8 Å². The van der Waals surface area contributed by atoms with Crippen LogP contribution in [0.3, 0.4) is 0 Å². The highest BCUT2D eigenvalue weighted by Gasteiger charge is 2.52. The minimum atomic E-state index is -4.56. The molecule has 1 aromatic carbocycles. The molecule has 0 unspecified atom stereocenters. The second-order valence-electron chi connectivity index (χ2n) is 5.94. The minimum Gasteiger partial charge on any atom is -0.492 e. The lowest BCUT2D eigenvalue weighted by Gasteiger charge is -2.18. The third-order valence-corrected chi connectivity index (χ3v) is 5.19. The molecule has 0 bridgehead atoms. The summed E-state index contributed by atoms with van der Waals surface area (Å²) in [5, 5.41) is 8.95. The number of carbonyl (C=O) groups is 1. The van der Waals surface area contributed by atoms with Crippen LogP contribution >= 0.6 is 12.4 Å². The van der Waals surface area contributed by atoms with Crippen LogP contribution < -0.4 is 4.74 Å². The first kappa shape index (κ1) is 22.5. The Morgan fingerprint density at radius 3 is 2.27 bits per heavy atom. The molecule has 26 heavy (non-hydrogen) atoms. The van der Waals surface area contributed by atoms with Crippen LogP contribution in [0.1, 0.15) is 0 Å². The van der Waals surface area contributed by atoms with Crippen molar-refractivity contribution in [2.75, 3.05) is 32.5 Å². The molecule has 148 valence electrons. The molecular formula is C15H19ClF3NO5S. The van der Waals surface area contributed by atoms with Gasteiger partial charge in [-0.05, 0) is 24.3 Å². The number of halogens is 4. The zero-order valence-corrected chi connectivity index (χ0v) is 15.4. The first-order valence-electron chi connectivity index (χ1n) is 7.43. The van der Waals surface area contributed by atoms with E-state index >= 15 is 0 Å². The molecule has 1 aromatic rings. The highest BCUT2D eigenvalue weighted by molar-refractivity contribution is 7.90. The second kappa shape index (κ2) is 8.45. The number of aliphatic carboxylic acids is 1. The van der Waals surface area contributed by atoms with Crippen molar-refractivity contribution in [3.63, 3.8) is 0 Å². The van der Waals surface area contributed by atoms with Crippen LogP contribution in [0.4, 0.5) is 13.2 Å². The van der Waals surface area contributed by atoms with E-state index in [0.29, 0.717) is 5.75 Å². The van der Waals surface area contributed by atoms with Gasteiger partial charge < -0.3 is 9.84 Å². The molecule has 11 heteroatoms. The Hall–Kier alpha value is -1.52. The standard InChI is InChI=1S/C15H18F3NO5S.ClH/c1-25(22,23)11-4-2-10(3-5-11)24-7-6-19-8-12(14(20)21)13(9-19)15(16,17)18;/h2-5,12-13H,6-9H2,1H3,(H,20,21);1H/t12-,13-;/m1./s1. The molecule has 0 amide bonds. The van der Waals surface area contributed by atoms with Crippen molar-refractivity contribution in [1.29, 1.82) is 0 Å². The van der Waals surface area contributed by atoms with Crippen molar-refractivity contribution in [2.45, 2.75) is 11.1 Å². The van der Waals surface area contributed by atoms with Gasteiger partial charge in [-0.2, -0.15) is 13.2 Å². The lowest BCUT2D eigenvalue weighted by atomic mass is 9.96.